The van der Waals surface area contributed by atoms with E-state index >= 15 is 0 Å². The molecule has 24 heavy (non-hydrogen) atoms. The lowest BCUT2D eigenvalue weighted by Gasteiger charge is -2.30. The van der Waals surface area contributed by atoms with E-state index < -0.39 is 11.6 Å². The number of nitrogens with zero attached hydrogens (tertiary/aromatic N) is 2. The van der Waals surface area contributed by atoms with Crippen LogP contribution in [0.4, 0.5) is 4.79 Å². The predicted molar refractivity (Wildman–Crippen MR) is 91.6 cm³/mol. The van der Waals surface area contributed by atoms with Crippen LogP contribution in [0.15, 0.2) is 0 Å². The van der Waals surface area contributed by atoms with Crippen LogP contribution in [0.5, 0.6) is 0 Å². The minimum atomic E-state index is -0.758. The molecule has 0 radical (unpaired) electrons. The third kappa shape index (κ3) is 3.24. The maximum Gasteiger partial charge on any atom is 0.325 e. The molecule has 2 saturated heterocycles. The molecule has 2 unspecified atom stereocenters. The first kappa shape index (κ1) is 19.0. The highest BCUT2D eigenvalue weighted by molar-refractivity contribution is 6.09. The molecule has 4 amide bonds. The average Bonchev–Trinajstić information content (AvgIpc) is 3.02. The second-order valence-corrected chi connectivity index (χ2v) is 7.20. The van der Waals surface area contributed by atoms with Gasteiger partial charge in [-0.15, -0.1) is 12.4 Å². The Labute approximate surface area is 148 Å². The fraction of sp³-hybridized carbons (Fsp3) is 0.812. The van der Waals surface area contributed by atoms with Gasteiger partial charge in [0.2, 0.25) is 5.91 Å². The number of rotatable bonds is 3. The van der Waals surface area contributed by atoms with Gasteiger partial charge < -0.3 is 16.0 Å². The maximum atomic E-state index is 12.7. The molecule has 0 aromatic carbocycles. The van der Waals surface area contributed by atoms with E-state index in [1.54, 1.807) is 4.90 Å². The van der Waals surface area contributed by atoms with Gasteiger partial charge >= 0.3 is 6.03 Å². The summed E-state index contributed by atoms with van der Waals surface area (Å²) in [5, 5.41) is 2.84. The number of imide groups is 1. The Balaban J connectivity index is 0.00000208. The molecule has 136 valence electrons. The van der Waals surface area contributed by atoms with Gasteiger partial charge in [-0.25, -0.2) is 4.79 Å². The zero-order chi connectivity index (χ0) is 16.6. The van der Waals surface area contributed by atoms with Crippen molar-refractivity contribution in [3.8, 4) is 0 Å². The molecule has 1 saturated carbocycles. The molecule has 2 aliphatic heterocycles. The van der Waals surface area contributed by atoms with E-state index in [-0.39, 0.29) is 36.8 Å². The molecular weight excluding hydrogens is 332 g/mol. The van der Waals surface area contributed by atoms with Crippen molar-refractivity contribution in [2.75, 3.05) is 19.6 Å². The smallest absolute Gasteiger partial charge is 0.325 e. The van der Waals surface area contributed by atoms with Crippen molar-refractivity contribution in [1.82, 2.24) is 15.1 Å². The van der Waals surface area contributed by atoms with Gasteiger partial charge in [0.05, 0.1) is 0 Å². The highest BCUT2D eigenvalue weighted by Gasteiger charge is 2.52. The molecule has 3 N–H and O–H groups in total. The van der Waals surface area contributed by atoms with Crippen LogP contribution in [-0.2, 0) is 9.59 Å². The topological polar surface area (TPSA) is 95.7 Å². The van der Waals surface area contributed by atoms with E-state index in [1.807, 2.05) is 6.92 Å². The maximum absolute atomic E-state index is 12.7. The van der Waals surface area contributed by atoms with Crippen molar-refractivity contribution in [2.45, 2.75) is 57.0 Å². The number of halogens is 1. The molecule has 3 aliphatic rings. The minimum Gasteiger partial charge on any atom is -0.338 e. The Bertz CT molecular complexity index is 521. The fourth-order valence-electron chi connectivity index (χ4n) is 4.20. The highest BCUT2D eigenvalue weighted by Crippen LogP contribution is 2.33. The van der Waals surface area contributed by atoms with Gasteiger partial charge in [0.15, 0.2) is 0 Å². The number of hydrogen-bond acceptors (Lipinski definition) is 4. The molecular formula is C16H27ClN4O3. The van der Waals surface area contributed by atoms with Gasteiger partial charge in [-0.2, -0.15) is 0 Å². The lowest BCUT2D eigenvalue weighted by atomic mass is 9.82. The number of carbonyl (C=O) groups is 3. The van der Waals surface area contributed by atoms with E-state index in [0.29, 0.717) is 31.8 Å². The third-order valence-electron chi connectivity index (χ3n) is 5.56. The van der Waals surface area contributed by atoms with E-state index in [2.05, 4.69) is 5.32 Å². The van der Waals surface area contributed by atoms with Crippen molar-refractivity contribution in [3.05, 3.63) is 0 Å². The zero-order valence-corrected chi connectivity index (χ0v) is 14.9. The summed E-state index contributed by atoms with van der Waals surface area (Å²) in [5.74, 6) is -0.0793. The molecule has 1 aliphatic carbocycles. The van der Waals surface area contributed by atoms with Gasteiger partial charge in [-0.1, -0.05) is 19.3 Å². The number of likely N-dealkylation sites (tertiary alicyclic amines) is 1. The minimum absolute atomic E-state index is 0. The summed E-state index contributed by atoms with van der Waals surface area (Å²) in [7, 11) is 0. The Hall–Kier alpha value is -1.34. The van der Waals surface area contributed by atoms with E-state index in [9.17, 15) is 14.4 Å². The molecule has 3 fully saturated rings. The number of amides is 4. The van der Waals surface area contributed by atoms with Crippen LogP contribution in [-0.4, -0.2) is 58.9 Å². The van der Waals surface area contributed by atoms with Crippen LogP contribution in [0.1, 0.15) is 45.4 Å². The predicted octanol–water partition coefficient (Wildman–Crippen LogP) is 0.859. The molecule has 8 heteroatoms. The average molecular weight is 359 g/mol. The van der Waals surface area contributed by atoms with E-state index in [1.165, 1.54) is 0 Å². The number of nitrogens with two attached hydrogens (primary N) is 1. The monoisotopic (exact) mass is 358 g/mol. The summed E-state index contributed by atoms with van der Waals surface area (Å²) in [4.78, 5) is 40.3. The summed E-state index contributed by atoms with van der Waals surface area (Å²) in [6.07, 6.45) is 5.21. The summed E-state index contributed by atoms with van der Waals surface area (Å²) in [5.41, 5.74) is 4.93. The van der Waals surface area contributed by atoms with Crippen LogP contribution < -0.4 is 11.1 Å². The molecule has 0 aromatic heterocycles. The number of nitrogens with one attached hydrogen (secondary N) is 1. The highest BCUT2D eigenvalue weighted by atomic mass is 35.5. The Kier molecular flexibility index (Phi) is 5.75. The number of urea groups is 1. The first-order valence-corrected chi connectivity index (χ1v) is 8.60. The second-order valence-electron chi connectivity index (χ2n) is 7.20. The fourth-order valence-corrected chi connectivity index (χ4v) is 4.20. The normalized spacial score (nSPS) is 28.9. The van der Waals surface area contributed by atoms with E-state index in [0.717, 1.165) is 30.6 Å². The van der Waals surface area contributed by atoms with E-state index in [4.69, 9.17) is 5.73 Å². The Morgan fingerprint density at radius 1 is 1.29 bits per heavy atom. The number of carbonyl (C=O) groups excluding carboxylic acids is 3. The zero-order valence-electron chi connectivity index (χ0n) is 14.1. The number of hydrogen-bond donors (Lipinski definition) is 2. The summed E-state index contributed by atoms with van der Waals surface area (Å²) in [6, 6.07) is -0.312. The summed E-state index contributed by atoms with van der Waals surface area (Å²) in [6.45, 7) is 3.00. The SMILES string of the molecule is CC1CC(CN)CN1C(=O)CN1C(=O)NC2(CCCCC2)C1=O.Cl. The Morgan fingerprint density at radius 3 is 2.54 bits per heavy atom. The van der Waals surface area contributed by atoms with Gasteiger partial charge in [-0.05, 0) is 38.6 Å². The molecule has 2 heterocycles. The van der Waals surface area contributed by atoms with Gasteiger partial charge in [0.1, 0.15) is 12.1 Å². The quantitative estimate of drug-likeness (QED) is 0.731. The standard InChI is InChI=1S/C16H26N4O3.ClH/c1-11-7-12(8-17)9-19(11)13(21)10-20-14(22)16(18-15(20)23)5-3-2-4-6-16;/h11-12H,2-10,17H2,1H3,(H,18,23);1H. The lowest BCUT2D eigenvalue weighted by Crippen LogP contribution is -2.49. The lowest BCUT2D eigenvalue weighted by molar-refractivity contribution is -0.139. The van der Waals surface area contributed by atoms with Crippen molar-refractivity contribution in [3.63, 3.8) is 0 Å². The van der Waals surface area contributed by atoms with Gasteiger partial charge in [0.25, 0.3) is 5.91 Å². The molecule has 0 aromatic rings. The molecule has 0 bridgehead atoms. The first-order valence-electron chi connectivity index (χ1n) is 8.60. The van der Waals surface area contributed by atoms with Crippen molar-refractivity contribution in [1.29, 1.82) is 0 Å². The molecule has 1 spiro atoms. The van der Waals surface area contributed by atoms with Gasteiger partial charge in [0, 0.05) is 12.6 Å². The van der Waals surface area contributed by atoms with Crippen molar-refractivity contribution in [2.24, 2.45) is 11.7 Å². The molecule has 3 rings (SSSR count). The van der Waals surface area contributed by atoms with Crippen molar-refractivity contribution >= 4 is 30.3 Å². The van der Waals surface area contributed by atoms with Crippen molar-refractivity contribution < 1.29 is 14.4 Å². The van der Waals surface area contributed by atoms with Crippen LogP contribution >= 0.6 is 12.4 Å². The third-order valence-corrected chi connectivity index (χ3v) is 5.56. The molecule has 2 atom stereocenters. The van der Waals surface area contributed by atoms with Gasteiger partial charge in [-0.3, -0.25) is 14.5 Å². The summed E-state index contributed by atoms with van der Waals surface area (Å²) < 4.78 is 0. The Morgan fingerprint density at radius 2 is 1.96 bits per heavy atom. The van der Waals surface area contributed by atoms with Crippen LogP contribution in [0.3, 0.4) is 0 Å². The summed E-state index contributed by atoms with van der Waals surface area (Å²) >= 11 is 0. The first-order chi connectivity index (χ1) is 11.0. The largest absolute Gasteiger partial charge is 0.338 e. The van der Waals surface area contributed by atoms with Crippen LogP contribution in [0.25, 0.3) is 0 Å². The van der Waals surface area contributed by atoms with Crippen LogP contribution in [0, 0.1) is 5.92 Å². The van der Waals surface area contributed by atoms with Crippen LogP contribution in [0.2, 0.25) is 0 Å². The second kappa shape index (κ2) is 7.27. The molecule has 7 nitrogen and oxygen atoms in total.